The molecule has 1 amide bonds. The van der Waals surface area contributed by atoms with Crippen LogP contribution in [0.1, 0.15) is 24.2 Å². The van der Waals surface area contributed by atoms with E-state index in [9.17, 15) is 4.79 Å². The summed E-state index contributed by atoms with van der Waals surface area (Å²) in [6.45, 7) is 6.94. The van der Waals surface area contributed by atoms with E-state index in [-0.39, 0.29) is 0 Å². The number of rotatable bonds is 7. The SMILES string of the molecule is CC(C)CN(CCN(C)C)c1ccc(N)cc1C(N)=O. The van der Waals surface area contributed by atoms with Gasteiger partial charge in [-0.3, -0.25) is 4.79 Å². The Morgan fingerprint density at radius 3 is 2.40 bits per heavy atom. The lowest BCUT2D eigenvalue weighted by atomic mass is 10.1. The maximum Gasteiger partial charge on any atom is 0.250 e. The Bertz CT molecular complexity index is 457. The fraction of sp³-hybridized carbons (Fsp3) is 0.533. The monoisotopic (exact) mass is 278 g/mol. The number of hydrogen-bond donors (Lipinski definition) is 2. The number of nitrogens with two attached hydrogens (primary N) is 2. The summed E-state index contributed by atoms with van der Waals surface area (Å²) in [6.07, 6.45) is 0. The number of nitrogens with zero attached hydrogens (tertiary/aromatic N) is 2. The number of benzene rings is 1. The lowest BCUT2D eigenvalue weighted by molar-refractivity contribution is 0.100. The van der Waals surface area contributed by atoms with Crippen LogP contribution in [-0.4, -0.2) is 44.5 Å². The zero-order valence-electron chi connectivity index (χ0n) is 12.9. The second-order valence-corrected chi connectivity index (χ2v) is 5.78. The van der Waals surface area contributed by atoms with Crippen molar-refractivity contribution in [2.75, 3.05) is 44.4 Å². The number of primary amides is 1. The Balaban J connectivity index is 3.08. The molecule has 0 aliphatic carbocycles. The Kier molecular flexibility index (Phi) is 5.82. The van der Waals surface area contributed by atoms with E-state index in [0.29, 0.717) is 17.2 Å². The van der Waals surface area contributed by atoms with Gasteiger partial charge in [0.25, 0.3) is 5.91 Å². The molecule has 0 radical (unpaired) electrons. The molecule has 5 nitrogen and oxygen atoms in total. The van der Waals surface area contributed by atoms with E-state index < -0.39 is 5.91 Å². The van der Waals surface area contributed by atoms with E-state index in [2.05, 4.69) is 23.6 Å². The summed E-state index contributed by atoms with van der Waals surface area (Å²) in [5.74, 6) is 0.0568. The molecule has 4 N–H and O–H groups in total. The molecule has 5 heteroatoms. The summed E-state index contributed by atoms with van der Waals surface area (Å²) in [7, 11) is 4.07. The largest absolute Gasteiger partial charge is 0.399 e. The minimum absolute atomic E-state index is 0.439. The van der Waals surface area contributed by atoms with E-state index >= 15 is 0 Å². The summed E-state index contributed by atoms with van der Waals surface area (Å²) >= 11 is 0. The van der Waals surface area contributed by atoms with Crippen LogP contribution in [0.15, 0.2) is 18.2 Å². The highest BCUT2D eigenvalue weighted by Gasteiger charge is 2.16. The van der Waals surface area contributed by atoms with Crippen LogP contribution in [-0.2, 0) is 0 Å². The van der Waals surface area contributed by atoms with Gasteiger partial charge in [-0.15, -0.1) is 0 Å². The van der Waals surface area contributed by atoms with E-state index in [1.165, 1.54) is 0 Å². The maximum absolute atomic E-state index is 11.6. The molecule has 1 rings (SSSR count). The zero-order chi connectivity index (χ0) is 15.3. The van der Waals surface area contributed by atoms with Crippen molar-refractivity contribution in [2.45, 2.75) is 13.8 Å². The van der Waals surface area contributed by atoms with Crippen LogP contribution in [0.25, 0.3) is 0 Å². The van der Waals surface area contributed by atoms with Crippen molar-refractivity contribution in [3.05, 3.63) is 23.8 Å². The van der Waals surface area contributed by atoms with Gasteiger partial charge in [-0.1, -0.05) is 13.8 Å². The van der Waals surface area contributed by atoms with E-state index in [1.807, 2.05) is 26.2 Å². The minimum atomic E-state index is -0.439. The second kappa shape index (κ2) is 7.14. The molecular weight excluding hydrogens is 252 g/mol. The first-order chi connectivity index (χ1) is 9.31. The van der Waals surface area contributed by atoms with Crippen molar-refractivity contribution in [1.29, 1.82) is 0 Å². The molecule has 0 bridgehead atoms. The molecule has 0 saturated carbocycles. The first-order valence-corrected chi connectivity index (χ1v) is 6.90. The van der Waals surface area contributed by atoms with E-state index in [4.69, 9.17) is 11.5 Å². The highest BCUT2D eigenvalue weighted by atomic mass is 16.1. The smallest absolute Gasteiger partial charge is 0.250 e. The summed E-state index contributed by atoms with van der Waals surface area (Å²) in [5, 5.41) is 0. The predicted molar refractivity (Wildman–Crippen MR) is 85.0 cm³/mol. The normalized spacial score (nSPS) is 11.1. The standard InChI is InChI=1S/C15H26N4O/c1-11(2)10-19(8-7-18(3)4)14-6-5-12(16)9-13(14)15(17)20/h5-6,9,11H,7-8,10,16H2,1-4H3,(H2,17,20). The molecule has 0 aliphatic heterocycles. The molecule has 0 heterocycles. The van der Waals surface area contributed by atoms with Gasteiger partial charge in [0.15, 0.2) is 0 Å². The highest BCUT2D eigenvalue weighted by molar-refractivity contribution is 5.99. The fourth-order valence-electron chi connectivity index (χ4n) is 2.10. The average Bonchev–Trinajstić information content (AvgIpc) is 2.33. The van der Waals surface area contributed by atoms with Crippen LogP contribution in [0.3, 0.4) is 0 Å². The number of amides is 1. The topological polar surface area (TPSA) is 75.6 Å². The van der Waals surface area contributed by atoms with Crippen molar-refractivity contribution >= 4 is 17.3 Å². The molecule has 20 heavy (non-hydrogen) atoms. The molecule has 0 aliphatic rings. The molecule has 0 fully saturated rings. The quantitative estimate of drug-likeness (QED) is 0.739. The van der Waals surface area contributed by atoms with Gasteiger partial charge >= 0.3 is 0 Å². The minimum Gasteiger partial charge on any atom is -0.399 e. The van der Waals surface area contributed by atoms with E-state index in [0.717, 1.165) is 25.3 Å². The van der Waals surface area contributed by atoms with Gasteiger partial charge in [0.05, 0.1) is 5.56 Å². The first kappa shape index (κ1) is 16.3. The number of anilines is 2. The van der Waals surface area contributed by atoms with Crippen molar-refractivity contribution in [1.82, 2.24) is 4.90 Å². The number of likely N-dealkylation sites (N-methyl/N-ethyl adjacent to an activating group) is 1. The Morgan fingerprint density at radius 2 is 1.90 bits per heavy atom. The predicted octanol–water partition coefficient (Wildman–Crippen LogP) is 1.39. The van der Waals surface area contributed by atoms with Crippen molar-refractivity contribution < 1.29 is 4.79 Å². The van der Waals surface area contributed by atoms with Crippen molar-refractivity contribution in [3.63, 3.8) is 0 Å². The van der Waals surface area contributed by atoms with Gasteiger partial charge in [0, 0.05) is 31.0 Å². The summed E-state index contributed by atoms with van der Waals surface area (Å²) in [4.78, 5) is 16.0. The molecule has 0 atom stereocenters. The van der Waals surface area contributed by atoms with Gasteiger partial charge in [0.1, 0.15) is 0 Å². The Labute approximate surface area is 121 Å². The second-order valence-electron chi connectivity index (χ2n) is 5.78. The van der Waals surface area contributed by atoms with Crippen LogP contribution in [0, 0.1) is 5.92 Å². The Morgan fingerprint density at radius 1 is 1.25 bits per heavy atom. The van der Waals surface area contributed by atoms with Gasteiger partial charge in [0.2, 0.25) is 0 Å². The number of carbonyl (C=O) groups is 1. The summed E-state index contributed by atoms with van der Waals surface area (Å²) in [6, 6.07) is 5.35. The van der Waals surface area contributed by atoms with Gasteiger partial charge < -0.3 is 21.3 Å². The number of carbonyl (C=O) groups excluding carboxylic acids is 1. The third kappa shape index (κ3) is 4.74. The molecule has 0 spiro atoms. The van der Waals surface area contributed by atoms with Crippen LogP contribution in [0.2, 0.25) is 0 Å². The lowest BCUT2D eigenvalue weighted by Crippen LogP contribution is -2.35. The molecule has 0 aromatic heterocycles. The molecule has 1 aromatic rings. The van der Waals surface area contributed by atoms with Crippen LogP contribution in [0.4, 0.5) is 11.4 Å². The fourth-order valence-corrected chi connectivity index (χ4v) is 2.10. The van der Waals surface area contributed by atoms with Crippen LogP contribution < -0.4 is 16.4 Å². The molecule has 0 unspecified atom stereocenters. The maximum atomic E-state index is 11.6. The number of hydrogen-bond acceptors (Lipinski definition) is 4. The van der Waals surface area contributed by atoms with Gasteiger partial charge in [-0.05, 0) is 38.2 Å². The summed E-state index contributed by atoms with van der Waals surface area (Å²) < 4.78 is 0. The average molecular weight is 278 g/mol. The third-order valence-electron chi connectivity index (χ3n) is 3.03. The van der Waals surface area contributed by atoms with E-state index in [1.54, 1.807) is 6.07 Å². The highest BCUT2D eigenvalue weighted by Crippen LogP contribution is 2.23. The molecule has 0 saturated heterocycles. The number of nitrogen functional groups attached to an aromatic ring is 1. The van der Waals surface area contributed by atoms with Crippen LogP contribution >= 0.6 is 0 Å². The van der Waals surface area contributed by atoms with Crippen molar-refractivity contribution in [2.24, 2.45) is 11.7 Å². The molecule has 1 aromatic carbocycles. The van der Waals surface area contributed by atoms with Crippen molar-refractivity contribution in [3.8, 4) is 0 Å². The Hall–Kier alpha value is -1.75. The van der Waals surface area contributed by atoms with Crippen LogP contribution in [0.5, 0.6) is 0 Å². The zero-order valence-corrected chi connectivity index (χ0v) is 12.9. The first-order valence-electron chi connectivity index (χ1n) is 6.90. The van der Waals surface area contributed by atoms with Gasteiger partial charge in [-0.2, -0.15) is 0 Å². The lowest BCUT2D eigenvalue weighted by Gasteiger charge is -2.29. The summed E-state index contributed by atoms with van der Waals surface area (Å²) in [5.41, 5.74) is 13.1. The third-order valence-corrected chi connectivity index (χ3v) is 3.03. The molecular formula is C15H26N4O. The van der Waals surface area contributed by atoms with Gasteiger partial charge in [-0.25, -0.2) is 0 Å². The molecule has 112 valence electrons.